The van der Waals surface area contributed by atoms with Crippen LogP contribution in [0.4, 0.5) is 0 Å². The lowest BCUT2D eigenvalue weighted by Crippen LogP contribution is -2.63. The van der Waals surface area contributed by atoms with E-state index < -0.39 is 0 Å². The van der Waals surface area contributed by atoms with Crippen molar-refractivity contribution in [1.29, 1.82) is 0 Å². The maximum absolute atomic E-state index is 11.9. The van der Waals surface area contributed by atoms with Crippen LogP contribution in [0.5, 0.6) is 0 Å². The van der Waals surface area contributed by atoms with Gasteiger partial charge in [-0.1, -0.05) is 20.8 Å². The Labute approximate surface area is 132 Å². The Kier molecular flexibility index (Phi) is 5.45. The monoisotopic (exact) mass is 311 g/mol. The third-order valence-corrected chi connectivity index (χ3v) is 5.34. The quantitative estimate of drug-likeness (QED) is 0.737. The fourth-order valence-electron chi connectivity index (χ4n) is 3.92. The first kappa shape index (κ1) is 17.2. The highest BCUT2D eigenvalue weighted by Gasteiger charge is 2.54. The topological polar surface area (TPSA) is 60.5 Å². The molecule has 2 atom stereocenters. The molecule has 1 fully saturated rings. The highest BCUT2D eigenvalue weighted by atomic mass is 16.5. The first-order valence-electron chi connectivity index (χ1n) is 8.32. The fraction of sp³-hybridized carbons (Fsp3) is 0.875. The summed E-state index contributed by atoms with van der Waals surface area (Å²) in [6, 6.07) is 0.408. The summed E-state index contributed by atoms with van der Waals surface area (Å²) >= 11 is 0. The average Bonchev–Trinajstić information content (AvgIpc) is 2.80. The molecule has 1 aliphatic carbocycles. The van der Waals surface area contributed by atoms with Crippen molar-refractivity contribution in [3.63, 3.8) is 0 Å². The number of nitrogens with zero attached hydrogens (tertiary/aromatic N) is 3. The van der Waals surface area contributed by atoms with Gasteiger partial charge < -0.3 is 9.15 Å². The lowest BCUT2D eigenvalue weighted by atomic mass is 9.58. The van der Waals surface area contributed by atoms with Crippen molar-refractivity contribution in [2.24, 2.45) is 5.41 Å². The van der Waals surface area contributed by atoms with E-state index in [9.17, 15) is 4.79 Å². The van der Waals surface area contributed by atoms with Gasteiger partial charge in [0.1, 0.15) is 6.67 Å². The molecule has 0 aliphatic heterocycles. The molecule has 22 heavy (non-hydrogen) atoms. The predicted molar refractivity (Wildman–Crippen MR) is 84.7 cm³/mol. The Bertz CT molecular complexity index is 533. The number of aryl methyl sites for hydroxylation is 1. The van der Waals surface area contributed by atoms with Crippen LogP contribution in [0.1, 0.15) is 52.3 Å². The van der Waals surface area contributed by atoms with E-state index in [-0.39, 0.29) is 11.2 Å². The number of rotatable bonds is 8. The Morgan fingerprint density at radius 3 is 2.64 bits per heavy atom. The molecule has 1 saturated carbocycles. The number of methoxy groups -OCH3 is 1. The third kappa shape index (κ3) is 2.86. The van der Waals surface area contributed by atoms with Crippen molar-refractivity contribution in [3.05, 3.63) is 16.4 Å². The molecule has 1 aromatic rings. The highest BCUT2D eigenvalue weighted by Crippen LogP contribution is 2.50. The molecule has 6 heteroatoms. The van der Waals surface area contributed by atoms with Gasteiger partial charge in [-0.3, -0.25) is 4.90 Å². The summed E-state index contributed by atoms with van der Waals surface area (Å²) < 4.78 is 12.3. The van der Waals surface area contributed by atoms with Crippen LogP contribution < -0.4 is 5.76 Å². The number of hydrogen-bond donors (Lipinski definition) is 0. The summed E-state index contributed by atoms with van der Waals surface area (Å²) in [6.07, 6.45) is 5.08. The largest absolute Gasteiger partial charge is 0.438 e. The molecule has 0 unspecified atom stereocenters. The second-order valence-corrected chi connectivity index (χ2v) is 6.33. The second-order valence-electron chi connectivity index (χ2n) is 6.33. The molecule has 0 radical (unpaired) electrons. The third-order valence-electron chi connectivity index (χ3n) is 5.34. The fourth-order valence-corrected chi connectivity index (χ4v) is 3.92. The van der Waals surface area contributed by atoms with Gasteiger partial charge in [0.05, 0.1) is 6.10 Å². The van der Waals surface area contributed by atoms with Crippen LogP contribution >= 0.6 is 0 Å². The van der Waals surface area contributed by atoms with Crippen LogP contribution in [0.25, 0.3) is 0 Å². The van der Waals surface area contributed by atoms with Crippen molar-refractivity contribution < 1.29 is 9.15 Å². The molecule has 1 heterocycles. The van der Waals surface area contributed by atoms with Crippen molar-refractivity contribution >= 4 is 0 Å². The Hall–Kier alpha value is -1.14. The summed E-state index contributed by atoms with van der Waals surface area (Å²) in [4.78, 5) is 14.1. The zero-order valence-electron chi connectivity index (χ0n) is 14.5. The number of ether oxygens (including phenoxy) is 1. The minimum Gasteiger partial charge on any atom is -0.392 e. The van der Waals surface area contributed by atoms with E-state index in [1.54, 1.807) is 7.11 Å². The van der Waals surface area contributed by atoms with Crippen LogP contribution in [0.2, 0.25) is 0 Å². The van der Waals surface area contributed by atoms with E-state index in [4.69, 9.17) is 9.15 Å². The highest BCUT2D eigenvalue weighted by molar-refractivity contribution is 5.06. The van der Waals surface area contributed by atoms with Crippen LogP contribution in [-0.4, -0.2) is 41.0 Å². The molecule has 0 amide bonds. The standard InChI is InChI=1S/C16H29N3O3/c1-6-9-14-17-19(15(20)22-14)11-18(4)12-10-13(21-5)16(12,7-2)8-3/h12-13H,6-11H2,1-5H3/t12-,13-/m1/s1. The van der Waals surface area contributed by atoms with Gasteiger partial charge in [0.25, 0.3) is 0 Å². The lowest BCUT2D eigenvalue weighted by molar-refractivity contribution is -0.162. The van der Waals surface area contributed by atoms with Gasteiger partial charge in [-0.05, 0) is 32.7 Å². The van der Waals surface area contributed by atoms with E-state index in [0.717, 1.165) is 25.7 Å². The molecule has 0 saturated heterocycles. The van der Waals surface area contributed by atoms with E-state index in [1.807, 2.05) is 6.92 Å². The molecule has 0 aromatic carbocycles. The smallest absolute Gasteiger partial charge is 0.392 e. The molecule has 6 nitrogen and oxygen atoms in total. The van der Waals surface area contributed by atoms with Gasteiger partial charge in [0.15, 0.2) is 0 Å². The zero-order valence-corrected chi connectivity index (χ0v) is 14.5. The predicted octanol–water partition coefficient (Wildman–Crippen LogP) is 2.27. The molecule has 2 rings (SSSR count). The Balaban J connectivity index is 2.09. The second kappa shape index (κ2) is 6.96. The summed E-state index contributed by atoms with van der Waals surface area (Å²) in [6.45, 7) is 6.95. The first-order chi connectivity index (χ1) is 10.5. The van der Waals surface area contributed by atoms with Crippen LogP contribution in [-0.2, 0) is 17.8 Å². The minimum atomic E-state index is -0.364. The first-order valence-corrected chi connectivity index (χ1v) is 8.32. The SMILES string of the molecule is CCCc1nn(CN(C)[C@@H]2C[C@@H](OC)C2(CC)CC)c(=O)o1. The zero-order chi connectivity index (χ0) is 16.3. The van der Waals surface area contributed by atoms with Crippen molar-refractivity contribution in [3.8, 4) is 0 Å². The van der Waals surface area contributed by atoms with Gasteiger partial charge in [-0.2, -0.15) is 4.68 Å². The van der Waals surface area contributed by atoms with Crippen LogP contribution in [0.3, 0.4) is 0 Å². The van der Waals surface area contributed by atoms with Gasteiger partial charge in [0.2, 0.25) is 5.89 Å². The lowest BCUT2D eigenvalue weighted by Gasteiger charge is -2.57. The minimum absolute atomic E-state index is 0.170. The van der Waals surface area contributed by atoms with Gasteiger partial charge in [-0.25, -0.2) is 4.79 Å². The maximum Gasteiger partial charge on any atom is 0.438 e. The van der Waals surface area contributed by atoms with Crippen molar-refractivity contribution in [1.82, 2.24) is 14.7 Å². The molecule has 1 aliphatic rings. The molecule has 0 N–H and O–H groups in total. The Morgan fingerprint density at radius 2 is 2.09 bits per heavy atom. The summed E-state index contributed by atoms with van der Waals surface area (Å²) in [5.74, 6) is 0.165. The average molecular weight is 311 g/mol. The Morgan fingerprint density at radius 1 is 1.41 bits per heavy atom. The van der Waals surface area contributed by atoms with Gasteiger partial charge >= 0.3 is 5.76 Å². The number of hydrogen-bond acceptors (Lipinski definition) is 5. The maximum atomic E-state index is 11.9. The summed E-state index contributed by atoms with van der Waals surface area (Å²) in [5, 5.41) is 4.28. The molecule has 0 spiro atoms. The van der Waals surface area contributed by atoms with Crippen molar-refractivity contribution in [2.45, 2.75) is 71.7 Å². The van der Waals surface area contributed by atoms with Crippen LogP contribution in [0.15, 0.2) is 9.21 Å². The normalized spacial score (nSPS) is 23.7. The van der Waals surface area contributed by atoms with E-state index >= 15 is 0 Å². The molecular weight excluding hydrogens is 282 g/mol. The summed E-state index contributed by atoms with van der Waals surface area (Å²) in [7, 11) is 3.84. The molecule has 0 bridgehead atoms. The van der Waals surface area contributed by atoms with Crippen molar-refractivity contribution in [2.75, 3.05) is 14.2 Å². The van der Waals surface area contributed by atoms with Crippen LogP contribution in [0, 0.1) is 5.41 Å². The molecule has 126 valence electrons. The summed E-state index contributed by atoms with van der Waals surface area (Å²) in [5.41, 5.74) is 0.170. The molecule has 1 aromatic heterocycles. The van der Waals surface area contributed by atoms with E-state index in [1.165, 1.54) is 4.68 Å². The number of aromatic nitrogens is 2. The van der Waals surface area contributed by atoms with Gasteiger partial charge in [-0.15, -0.1) is 5.10 Å². The van der Waals surface area contributed by atoms with E-state index in [2.05, 4.69) is 30.9 Å². The van der Waals surface area contributed by atoms with E-state index in [0.29, 0.717) is 31.1 Å². The van der Waals surface area contributed by atoms with Gasteiger partial charge in [0, 0.05) is 25.0 Å². The molecular formula is C16H29N3O3.